The number of fused-ring (bicyclic) bond motifs is 3. The van der Waals surface area contributed by atoms with Crippen molar-refractivity contribution >= 4 is 22.4 Å². The highest BCUT2D eigenvalue weighted by Gasteiger charge is 2.31. The highest BCUT2D eigenvalue weighted by Crippen LogP contribution is 2.49. The maximum atomic E-state index is 12.2. The molecule has 1 amide bonds. The van der Waals surface area contributed by atoms with E-state index in [1.807, 2.05) is 38.1 Å². The summed E-state index contributed by atoms with van der Waals surface area (Å²) in [6.07, 6.45) is 4.49. The Kier molecular flexibility index (Phi) is 4.11. The first-order valence-corrected chi connectivity index (χ1v) is 8.78. The first-order chi connectivity index (χ1) is 13.0. The molecular weight excluding hydrogens is 342 g/mol. The number of aromatic nitrogens is 1. The van der Waals surface area contributed by atoms with Gasteiger partial charge in [-0.15, -0.1) is 10.2 Å². The number of ether oxygens (including phenoxy) is 1. The summed E-state index contributed by atoms with van der Waals surface area (Å²) in [6.45, 7) is 4.06. The predicted octanol–water partition coefficient (Wildman–Crippen LogP) is 4.97. The zero-order valence-electron chi connectivity index (χ0n) is 15.1. The number of carbonyl (C=O) groups excluding carboxylic acids is 1. The van der Waals surface area contributed by atoms with Crippen molar-refractivity contribution in [3.63, 3.8) is 0 Å². The fraction of sp³-hybridized carbons (Fsp3) is 0.238. The summed E-state index contributed by atoms with van der Waals surface area (Å²) >= 11 is 0. The first-order valence-electron chi connectivity index (χ1n) is 8.78. The Bertz CT molecular complexity index is 1060. The molecule has 2 aromatic carbocycles. The van der Waals surface area contributed by atoms with Gasteiger partial charge in [0.25, 0.3) is 5.91 Å². The summed E-state index contributed by atoms with van der Waals surface area (Å²) in [5.41, 5.74) is 1.08. The van der Waals surface area contributed by atoms with E-state index in [1.165, 1.54) is 12.4 Å². The average molecular weight is 361 g/mol. The molecule has 27 heavy (non-hydrogen) atoms. The molecule has 0 aliphatic carbocycles. The lowest BCUT2D eigenvalue weighted by molar-refractivity contribution is 0.0859. The van der Waals surface area contributed by atoms with Gasteiger partial charge in [0, 0.05) is 34.3 Å². The molecule has 136 valence electrons. The van der Waals surface area contributed by atoms with Crippen LogP contribution in [0.1, 0.15) is 36.2 Å². The van der Waals surface area contributed by atoms with Crippen molar-refractivity contribution in [3.8, 4) is 11.5 Å². The summed E-state index contributed by atoms with van der Waals surface area (Å²) in [6, 6.07) is 10.7. The standard InChI is InChI=1S/C21H19N3O3/c1-21(2)10-7-16-18(25)17(14-5-3-4-6-15(14)19(16)27-21)23-24-20(26)13-8-11-22-12-9-13/h3-6,8-9,11-12,25H,7,10H2,1-2H3. The molecule has 1 aliphatic heterocycles. The van der Waals surface area contributed by atoms with Crippen LogP contribution in [0, 0.1) is 0 Å². The Morgan fingerprint density at radius 1 is 1.15 bits per heavy atom. The molecule has 0 radical (unpaired) electrons. The van der Waals surface area contributed by atoms with Crippen LogP contribution in [0.4, 0.5) is 5.69 Å². The predicted molar refractivity (Wildman–Crippen MR) is 102 cm³/mol. The number of amides is 1. The molecule has 0 saturated carbocycles. The third-order valence-corrected chi connectivity index (χ3v) is 4.73. The van der Waals surface area contributed by atoms with Gasteiger partial charge in [-0.1, -0.05) is 24.3 Å². The highest BCUT2D eigenvalue weighted by atomic mass is 16.5. The van der Waals surface area contributed by atoms with Gasteiger partial charge in [0.1, 0.15) is 17.0 Å². The number of aromatic hydroxyl groups is 1. The van der Waals surface area contributed by atoms with E-state index in [-0.39, 0.29) is 17.0 Å². The molecule has 2 heterocycles. The van der Waals surface area contributed by atoms with E-state index >= 15 is 0 Å². The number of hydrogen-bond acceptors (Lipinski definition) is 5. The fourth-order valence-electron chi connectivity index (χ4n) is 3.28. The van der Waals surface area contributed by atoms with E-state index < -0.39 is 5.91 Å². The molecule has 1 aliphatic rings. The van der Waals surface area contributed by atoms with E-state index in [1.54, 1.807) is 12.1 Å². The van der Waals surface area contributed by atoms with Crippen molar-refractivity contribution in [2.45, 2.75) is 32.3 Å². The number of rotatable bonds is 2. The molecule has 4 rings (SSSR count). The monoisotopic (exact) mass is 361 g/mol. The van der Waals surface area contributed by atoms with Crippen molar-refractivity contribution in [1.29, 1.82) is 0 Å². The minimum Gasteiger partial charge on any atom is -0.505 e. The normalized spacial score (nSPS) is 15.5. The molecule has 0 bridgehead atoms. The van der Waals surface area contributed by atoms with Crippen LogP contribution in [-0.4, -0.2) is 21.6 Å². The van der Waals surface area contributed by atoms with Gasteiger partial charge in [-0.3, -0.25) is 9.78 Å². The Labute approximate surface area is 156 Å². The third-order valence-electron chi connectivity index (χ3n) is 4.73. The number of nitrogens with zero attached hydrogens (tertiary/aromatic N) is 3. The van der Waals surface area contributed by atoms with Crippen molar-refractivity contribution in [2.75, 3.05) is 0 Å². The number of phenols is 1. The zero-order chi connectivity index (χ0) is 19.0. The maximum Gasteiger partial charge on any atom is 0.295 e. The van der Waals surface area contributed by atoms with Crippen LogP contribution >= 0.6 is 0 Å². The zero-order valence-corrected chi connectivity index (χ0v) is 15.1. The van der Waals surface area contributed by atoms with Crippen LogP contribution in [0.25, 0.3) is 10.8 Å². The smallest absolute Gasteiger partial charge is 0.295 e. The maximum absolute atomic E-state index is 12.2. The van der Waals surface area contributed by atoms with Gasteiger partial charge >= 0.3 is 0 Å². The Hall–Kier alpha value is -3.28. The van der Waals surface area contributed by atoms with Crippen LogP contribution in [0.3, 0.4) is 0 Å². The van der Waals surface area contributed by atoms with E-state index in [0.29, 0.717) is 28.7 Å². The lowest BCUT2D eigenvalue weighted by Crippen LogP contribution is -2.32. The van der Waals surface area contributed by atoms with Crippen LogP contribution < -0.4 is 4.74 Å². The quantitative estimate of drug-likeness (QED) is 0.653. The first kappa shape index (κ1) is 17.1. The second-order valence-electron chi connectivity index (χ2n) is 7.15. The van der Waals surface area contributed by atoms with Gasteiger partial charge in [-0.05, 0) is 38.8 Å². The van der Waals surface area contributed by atoms with E-state index in [9.17, 15) is 9.90 Å². The minimum atomic E-state index is -0.490. The Balaban J connectivity index is 1.84. The summed E-state index contributed by atoms with van der Waals surface area (Å²) in [7, 11) is 0. The number of carbonyl (C=O) groups is 1. The summed E-state index contributed by atoms with van der Waals surface area (Å²) in [4.78, 5) is 16.1. The molecular formula is C21H19N3O3. The Morgan fingerprint density at radius 2 is 1.85 bits per heavy atom. The van der Waals surface area contributed by atoms with Crippen molar-refractivity contribution in [3.05, 3.63) is 59.9 Å². The van der Waals surface area contributed by atoms with Crippen molar-refractivity contribution < 1.29 is 14.6 Å². The largest absolute Gasteiger partial charge is 0.505 e. The third kappa shape index (κ3) is 3.14. The molecule has 0 atom stereocenters. The molecule has 6 nitrogen and oxygen atoms in total. The molecule has 6 heteroatoms. The van der Waals surface area contributed by atoms with Gasteiger partial charge in [-0.2, -0.15) is 0 Å². The van der Waals surface area contributed by atoms with Crippen LogP contribution in [0.2, 0.25) is 0 Å². The van der Waals surface area contributed by atoms with E-state index in [4.69, 9.17) is 4.74 Å². The molecule has 0 spiro atoms. The number of phenolic OH excluding ortho intramolecular Hbond substituents is 1. The van der Waals surface area contributed by atoms with Crippen LogP contribution in [-0.2, 0) is 6.42 Å². The van der Waals surface area contributed by atoms with Gasteiger partial charge in [0.15, 0.2) is 5.75 Å². The van der Waals surface area contributed by atoms with Crippen LogP contribution in [0.5, 0.6) is 11.5 Å². The van der Waals surface area contributed by atoms with Crippen molar-refractivity contribution in [1.82, 2.24) is 4.98 Å². The minimum absolute atomic E-state index is 0.0190. The van der Waals surface area contributed by atoms with Gasteiger partial charge in [-0.25, -0.2) is 0 Å². The summed E-state index contributed by atoms with van der Waals surface area (Å²) in [5.74, 6) is 0.209. The Morgan fingerprint density at radius 3 is 2.59 bits per heavy atom. The summed E-state index contributed by atoms with van der Waals surface area (Å²) < 4.78 is 6.16. The number of pyridine rings is 1. The molecule has 0 saturated heterocycles. The lowest BCUT2D eigenvalue weighted by Gasteiger charge is -2.34. The molecule has 1 N–H and O–H groups in total. The number of benzene rings is 2. The average Bonchev–Trinajstić information content (AvgIpc) is 2.67. The molecule has 1 aromatic heterocycles. The topological polar surface area (TPSA) is 84.1 Å². The second kappa shape index (κ2) is 6.46. The van der Waals surface area contributed by atoms with Crippen molar-refractivity contribution in [2.24, 2.45) is 10.2 Å². The molecule has 0 unspecified atom stereocenters. The van der Waals surface area contributed by atoms with Gasteiger partial charge in [0.05, 0.1) is 0 Å². The lowest BCUT2D eigenvalue weighted by atomic mass is 9.90. The fourth-order valence-corrected chi connectivity index (χ4v) is 3.28. The van der Waals surface area contributed by atoms with E-state index in [2.05, 4.69) is 15.2 Å². The van der Waals surface area contributed by atoms with Gasteiger partial charge < -0.3 is 9.84 Å². The summed E-state index contributed by atoms with van der Waals surface area (Å²) in [5, 5.41) is 20.3. The SMILES string of the molecule is CC1(C)CCc2c(O)c(N=NC(=O)c3ccncc3)c3ccccc3c2O1. The molecule has 0 fully saturated rings. The van der Waals surface area contributed by atoms with Crippen LogP contribution in [0.15, 0.2) is 59.0 Å². The highest BCUT2D eigenvalue weighted by molar-refractivity contribution is 6.01. The molecule has 3 aromatic rings. The van der Waals surface area contributed by atoms with Gasteiger partial charge in [0.2, 0.25) is 0 Å². The number of hydrogen-bond donors (Lipinski definition) is 1. The van der Waals surface area contributed by atoms with E-state index in [0.717, 1.165) is 11.8 Å². The number of azo groups is 1. The second-order valence-corrected chi connectivity index (χ2v) is 7.15.